The number of carbonyl (C=O) groups excluding carboxylic acids is 3. The van der Waals surface area contributed by atoms with E-state index in [1.54, 1.807) is 25.7 Å². The molecule has 1 atom stereocenters. The molecule has 1 heterocycles. The first-order chi connectivity index (χ1) is 17.3. The Bertz CT molecular complexity index is 1190. The van der Waals surface area contributed by atoms with Crippen LogP contribution >= 0.6 is 23.1 Å². The van der Waals surface area contributed by atoms with E-state index < -0.39 is 11.2 Å². The zero-order chi connectivity index (χ0) is 26.2. The van der Waals surface area contributed by atoms with Crippen molar-refractivity contribution in [3.05, 3.63) is 82.2 Å². The van der Waals surface area contributed by atoms with Crippen LogP contribution in [0.2, 0.25) is 0 Å². The van der Waals surface area contributed by atoms with Gasteiger partial charge in [-0.1, -0.05) is 48.5 Å². The topological polar surface area (TPSA) is 75.7 Å². The van der Waals surface area contributed by atoms with E-state index in [-0.39, 0.29) is 23.5 Å². The number of esters is 1. The third-order valence-electron chi connectivity index (χ3n) is 5.51. The molecule has 3 aromatic rings. The lowest BCUT2D eigenvalue weighted by Gasteiger charge is -2.18. The van der Waals surface area contributed by atoms with Gasteiger partial charge in [0.1, 0.15) is 10.3 Å². The number of nitrogens with one attached hydrogen (secondary N) is 1. The molecule has 0 spiro atoms. The standard InChI is InChI=1S/C28H32N2O4S2/c1-6-30(7-2)27(32)23-19(5)22(28(33)34-18(3)4)26(36-23)29-25(31)24(20-14-10-8-11-15-20)35-21-16-12-9-13-17-21/h8-18,24H,6-7H2,1-5H3,(H,29,31)/t24-/m1/s1. The van der Waals surface area contributed by atoms with Crippen LogP contribution in [-0.2, 0) is 9.53 Å². The van der Waals surface area contributed by atoms with Crippen LogP contribution in [0.3, 0.4) is 0 Å². The molecule has 1 aromatic heterocycles. The SMILES string of the molecule is CCN(CC)C(=O)c1sc(NC(=O)[C@H](Sc2ccccc2)c2ccccc2)c(C(=O)OC(C)C)c1C. The first-order valence-electron chi connectivity index (χ1n) is 12.0. The van der Waals surface area contributed by atoms with Gasteiger partial charge in [-0.3, -0.25) is 9.59 Å². The molecule has 0 saturated heterocycles. The van der Waals surface area contributed by atoms with E-state index in [9.17, 15) is 14.4 Å². The van der Waals surface area contributed by atoms with Gasteiger partial charge in [0.05, 0.1) is 16.5 Å². The fraction of sp³-hybridized carbons (Fsp3) is 0.321. The van der Waals surface area contributed by atoms with Gasteiger partial charge in [-0.2, -0.15) is 0 Å². The van der Waals surface area contributed by atoms with Crippen molar-refractivity contribution in [2.75, 3.05) is 18.4 Å². The van der Waals surface area contributed by atoms with E-state index >= 15 is 0 Å². The van der Waals surface area contributed by atoms with Gasteiger partial charge in [0.15, 0.2) is 0 Å². The molecule has 1 N–H and O–H groups in total. The second-order valence-electron chi connectivity index (χ2n) is 8.40. The van der Waals surface area contributed by atoms with Crippen molar-refractivity contribution in [1.82, 2.24) is 4.90 Å². The van der Waals surface area contributed by atoms with Crippen LogP contribution in [0, 0.1) is 6.92 Å². The third-order valence-corrected chi connectivity index (χ3v) is 7.97. The summed E-state index contributed by atoms with van der Waals surface area (Å²) in [4.78, 5) is 43.0. The van der Waals surface area contributed by atoms with E-state index in [1.165, 1.54) is 11.8 Å². The normalized spacial score (nSPS) is 11.7. The van der Waals surface area contributed by atoms with Gasteiger partial charge in [-0.25, -0.2) is 4.79 Å². The maximum Gasteiger partial charge on any atom is 0.341 e. The Hall–Kier alpha value is -3.10. The Labute approximate surface area is 221 Å². The maximum absolute atomic E-state index is 13.7. The van der Waals surface area contributed by atoms with Gasteiger partial charge in [0, 0.05) is 18.0 Å². The van der Waals surface area contributed by atoms with Crippen molar-refractivity contribution in [3.8, 4) is 0 Å². The summed E-state index contributed by atoms with van der Waals surface area (Å²) in [5, 5.41) is 2.73. The molecule has 3 rings (SSSR count). The fourth-order valence-electron chi connectivity index (χ4n) is 3.69. The molecule has 0 fully saturated rings. The minimum absolute atomic E-state index is 0.167. The van der Waals surface area contributed by atoms with Gasteiger partial charge in [0.25, 0.3) is 5.91 Å². The molecule has 0 radical (unpaired) electrons. The van der Waals surface area contributed by atoms with E-state index in [0.29, 0.717) is 28.5 Å². The molecule has 0 unspecified atom stereocenters. The summed E-state index contributed by atoms with van der Waals surface area (Å²) in [6, 6.07) is 19.2. The van der Waals surface area contributed by atoms with Crippen molar-refractivity contribution in [2.24, 2.45) is 0 Å². The van der Waals surface area contributed by atoms with Crippen LogP contribution in [0.4, 0.5) is 5.00 Å². The number of hydrogen-bond donors (Lipinski definition) is 1. The molecule has 0 aliphatic heterocycles. The Morgan fingerprint density at radius 2 is 1.56 bits per heavy atom. The smallest absolute Gasteiger partial charge is 0.341 e. The number of rotatable bonds is 10. The van der Waals surface area contributed by atoms with Crippen LogP contribution < -0.4 is 5.32 Å². The maximum atomic E-state index is 13.7. The van der Waals surface area contributed by atoms with Crippen molar-refractivity contribution in [3.63, 3.8) is 0 Å². The number of anilines is 1. The van der Waals surface area contributed by atoms with Crippen LogP contribution in [0.1, 0.15) is 64.1 Å². The van der Waals surface area contributed by atoms with Gasteiger partial charge in [0.2, 0.25) is 5.91 Å². The summed E-state index contributed by atoms with van der Waals surface area (Å²) >= 11 is 2.55. The number of nitrogens with zero attached hydrogens (tertiary/aromatic N) is 1. The molecule has 0 saturated carbocycles. The lowest BCUT2D eigenvalue weighted by atomic mass is 10.1. The summed E-state index contributed by atoms with van der Waals surface area (Å²) < 4.78 is 5.47. The molecular formula is C28H32N2O4S2. The summed E-state index contributed by atoms with van der Waals surface area (Å²) in [5.74, 6) is -1.00. The predicted octanol–water partition coefficient (Wildman–Crippen LogP) is 6.58. The minimum Gasteiger partial charge on any atom is -0.459 e. The molecule has 0 aliphatic carbocycles. The largest absolute Gasteiger partial charge is 0.459 e. The molecule has 190 valence electrons. The monoisotopic (exact) mass is 524 g/mol. The zero-order valence-corrected chi connectivity index (χ0v) is 22.9. The molecule has 6 nitrogen and oxygen atoms in total. The van der Waals surface area contributed by atoms with Gasteiger partial charge < -0.3 is 15.0 Å². The van der Waals surface area contributed by atoms with Crippen molar-refractivity contribution in [1.29, 1.82) is 0 Å². The quantitative estimate of drug-likeness (QED) is 0.240. The third kappa shape index (κ3) is 6.56. The molecule has 8 heteroatoms. The Morgan fingerprint density at radius 3 is 2.11 bits per heavy atom. The van der Waals surface area contributed by atoms with Gasteiger partial charge >= 0.3 is 5.97 Å². The average molecular weight is 525 g/mol. The lowest BCUT2D eigenvalue weighted by Crippen LogP contribution is -2.30. The van der Waals surface area contributed by atoms with E-state index in [4.69, 9.17) is 4.74 Å². The number of thioether (sulfide) groups is 1. The molecule has 2 aromatic carbocycles. The Balaban J connectivity index is 2.01. The van der Waals surface area contributed by atoms with Crippen LogP contribution in [-0.4, -0.2) is 41.9 Å². The van der Waals surface area contributed by atoms with Crippen molar-refractivity contribution >= 4 is 45.9 Å². The predicted molar refractivity (Wildman–Crippen MR) is 147 cm³/mol. The first kappa shape index (κ1) is 27.5. The van der Waals surface area contributed by atoms with Crippen molar-refractivity contribution < 1.29 is 19.1 Å². The summed E-state index contributed by atoms with van der Waals surface area (Å²) in [6.45, 7) is 10.2. The second kappa shape index (κ2) is 12.7. The van der Waals surface area contributed by atoms with Gasteiger partial charge in [-0.15, -0.1) is 23.1 Å². The Morgan fingerprint density at radius 1 is 0.972 bits per heavy atom. The number of hydrogen-bond acceptors (Lipinski definition) is 6. The van der Waals surface area contributed by atoms with E-state index in [0.717, 1.165) is 21.8 Å². The number of ether oxygens (including phenoxy) is 1. The number of carbonyl (C=O) groups is 3. The highest BCUT2D eigenvalue weighted by atomic mass is 32.2. The molecule has 2 amide bonds. The van der Waals surface area contributed by atoms with Crippen molar-refractivity contribution in [2.45, 2.75) is 50.9 Å². The highest BCUT2D eigenvalue weighted by Crippen LogP contribution is 2.39. The van der Waals surface area contributed by atoms with E-state index in [2.05, 4.69) is 5.32 Å². The van der Waals surface area contributed by atoms with Crippen LogP contribution in [0.15, 0.2) is 65.6 Å². The average Bonchev–Trinajstić information content (AvgIpc) is 3.19. The van der Waals surface area contributed by atoms with Crippen LogP contribution in [0.25, 0.3) is 0 Å². The number of amides is 2. The van der Waals surface area contributed by atoms with E-state index in [1.807, 2.05) is 74.5 Å². The number of thiophene rings is 1. The highest BCUT2D eigenvalue weighted by molar-refractivity contribution is 8.00. The number of benzene rings is 2. The zero-order valence-electron chi connectivity index (χ0n) is 21.2. The van der Waals surface area contributed by atoms with Crippen LogP contribution in [0.5, 0.6) is 0 Å². The second-order valence-corrected chi connectivity index (χ2v) is 10.6. The van der Waals surface area contributed by atoms with Gasteiger partial charge in [-0.05, 0) is 57.9 Å². The molecule has 0 bridgehead atoms. The minimum atomic E-state index is -0.563. The first-order valence-corrected chi connectivity index (χ1v) is 13.7. The Kier molecular flexibility index (Phi) is 9.73. The lowest BCUT2D eigenvalue weighted by molar-refractivity contribution is -0.115. The molecular weight excluding hydrogens is 492 g/mol. The fourth-order valence-corrected chi connectivity index (χ4v) is 5.90. The summed E-state index contributed by atoms with van der Waals surface area (Å²) in [6.07, 6.45) is -0.340. The summed E-state index contributed by atoms with van der Waals surface area (Å²) in [5.41, 5.74) is 1.58. The molecule has 0 aliphatic rings. The molecule has 36 heavy (non-hydrogen) atoms. The highest BCUT2D eigenvalue weighted by Gasteiger charge is 2.31. The summed E-state index contributed by atoms with van der Waals surface area (Å²) in [7, 11) is 0.